The summed E-state index contributed by atoms with van der Waals surface area (Å²) in [4.78, 5) is 2.46. The highest BCUT2D eigenvalue weighted by Crippen LogP contribution is 2.33. The smallest absolute Gasteiger partial charge is 0.0418 e. The van der Waals surface area contributed by atoms with E-state index in [-0.39, 0.29) is 0 Å². The zero-order valence-electron chi connectivity index (χ0n) is 8.96. The maximum absolute atomic E-state index is 5.81. The minimum absolute atomic E-state index is 0.764. The van der Waals surface area contributed by atoms with Crippen molar-refractivity contribution in [3.63, 3.8) is 0 Å². The van der Waals surface area contributed by atoms with Crippen LogP contribution in [0.15, 0.2) is 18.2 Å². The van der Waals surface area contributed by atoms with Gasteiger partial charge in [-0.15, -0.1) is 0 Å². The standard InChI is InChI=1S/C12H18N2/c1-3-14(11-6-7-11)12-8-10(13)5-4-9(12)2/h4-5,8,11H,3,6-7,13H2,1-2H3. The van der Waals surface area contributed by atoms with Gasteiger partial charge >= 0.3 is 0 Å². The Morgan fingerprint density at radius 2 is 2.14 bits per heavy atom. The predicted octanol–water partition coefficient (Wildman–Crippen LogP) is 2.57. The number of nitrogen functional groups attached to an aromatic ring is 1. The molecule has 1 saturated carbocycles. The van der Waals surface area contributed by atoms with Gasteiger partial charge in [-0.3, -0.25) is 0 Å². The van der Waals surface area contributed by atoms with Gasteiger partial charge in [0.25, 0.3) is 0 Å². The Morgan fingerprint density at radius 1 is 1.43 bits per heavy atom. The van der Waals surface area contributed by atoms with Gasteiger partial charge in [-0.2, -0.15) is 0 Å². The minimum atomic E-state index is 0.764. The second-order valence-corrected chi connectivity index (χ2v) is 4.06. The van der Waals surface area contributed by atoms with E-state index < -0.39 is 0 Å². The van der Waals surface area contributed by atoms with Gasteiger partial charge in [0.15, 0.2) is 0 Å². The lowest BCUT2D eigenvalue weighted by Crippen LogP contribution is -2.25. The molecule has 0 aromatic heterocycles. The molecule has 2 rings (SSSR count). The molecule has 76 valence electrons. The van der Waals surface area contributed by atoms with Crippen LogP contribution in [0, 0.1) is 6.92 Å². The first-order chi connectivity index (χ1) is 6.72. The molecular formula is C12H18N2. The largest absolute Gasteiger partial charge is 0.399 e. The summed E-state index contributed by atoms with van der Waals surface area (Å²) in [7, 11) is 0. The molecule has 0 spiro atoms. The van der Waals surface area contributed by atoms with Gasteiger partial charge in [-0.25, -0.2) is 0 Å². The molecule has 0 bridgehead atoms. The molecule has 1 fully saturated rings. The van der Waals surface area contributed by atoms with Crippen molar-refractivity contribution in [2.24, 2.45) is 0 Å². The molecule has 2 N–H and O–H groups in total. The summed E-state index contributed by atoms with van der Waals surface area (Å²) in [6.07, 6.45) is 2.67. The number of hydrogen-bond donors (Lipinski definition) is 1. The highest BCUT2D eigenvalue weighted by atomic mass is 15.2. The van der Waals surface area contributed by atoms with Crippen LogP contribution >= 0.6 is 0 Å². The van der Waals surface area contributed by atoms with Crippen molar-refractivity contribution in [3.8, 4) is 0 Å². The Bertz CT molecular complexity index is 329. The van der Waals surface area contributed by atoms with Crippen molar-refractivity contribution in [1.29, 1.82) is 0 Å². The van der Waals surface area contributed by atoms with Crippen LogP contribution in [0.5, 0.6) is 0 Å². The molecule has 2 heteroatoms. The van der Waals surface area contributed by atoms with Crippen molar-refractivity contribution < 1.29 is 0 Å². The van der Waals surface area contributed by atoms with E-state index in [1.807, 2.05) is 6.07 Å². The van der Waals surface area contributed by atoms with Crippen molar-refractivity contribution in [3.05, 3.63) is 23.8 Å². The van der Waals surface area contributed by atoms with Gasteiger partial charge in [-0.05, 0) is 44.4 Å². The van der Waals surface area contributed by atoms with E-state index in [1.54, 1.807) is 0 Å². The van der Waals surface area contributed by atoms with E-state index in [9.17, 15) is 0 Å². The van der Waals surface area contributed by atoms with Crippen molar-refractivity contribution in [2.45, 2.75) is 32.7 Å². The number of rotatable bonds is 3. The summed E-state index contributed by atoms with van der Waals surface area (Å²) in [5.41, 5.74) is 9.32. The minimum Gasteiger partial charge on any atom is -0.399 e. The van der Waals surface area contributed by atoms with E-state index in [1.165, 1.54) is 24.1 Å². The number of hydrogen-bond acceptors (Lipinski definition) is 2. The quantitative estimate of drug-likeness (QED) is 0.742. The van der Waals surface area contributed by atoms with Crippen LogP contribution in [-0.2, 0) is 0 Å². The molecular weight excluding hydrogens is 172 g/mol. The molecule has 0 unspecified atom stereocenters. The number of aryl methyl sites for hydroxylation is 1. The molecule has 1 aromatic carbocycles. The van der Waals surface area contributed by atoms with E-state index in [2.05, 4.69) is 30.9 Å². The fraction of sp³-hybridized carbons (Fsp3) is 0.500. The first-order valence-corrected chi connectivity index (χ1v) is 5.35. The highest BCUT2D eigenvalue weighted by molar-refractivity contribution is 5.61. The number of nitrogens with two attached hydrogens (primary N) is 1. The molecule has 0 saturated heterocycles. The summed E-state index contributed by atoms with van der Waals surface area (Å²) in [6, 6.07) is 6.94. The van der Waals surface area contributed by atoms with Crippen molar-refractivity contribution in [2.75, 3.05) is 17.2 Å². The normalized spacial score (nSPS) is 15.6. The fourth-order valence-corrected chi connectivity index (χ4v) is 1.95. The molecule has 0 radical (unpaired) electrons. The van der Waals surface area contributed by atoms with Crippen LogP contribution in [0.3, 0.4) is 0 Å². The topological polar surface area (TPSA) is 29.3 Å². The summed E-state index contributed by atoms with van der Waals surface area (Å²) in [5.74, 6) is 0. The molecule has 1 aliphatic rings. The Balaban J connectivity index is 2.32. The van der Waals surface area contributed by atoms with E-state index in [0.717, 1.165) is 18.3 Å². The second kappa shape index (κ2) is 3.52. The monoisotopic (exact) mass is 190 g/mol. The third-order valence-corrected chi connectivity index (χ3v) is 2.87. The predicted molar refractivity (Wildman–Crippen MR) is 61.6 cm³/mol. The number of anilines is 2. The summed E-state index contributed by atoms with van der Waals surface area (Å²) >= 11 is 0. The lowest BCUT2D eigenvalue weighted by molar-refractivity contribution is 0.823. The maximum atomic E-state index is 5.81. The van der Waals surface area contributed by atoms with Crippen LogP contribution in [-0.4, -0.2) is 12.6 Å². The highest BCUT2D eigenvalue weighted by Gasteiger charge is 2.28. The Labute approximate surface area is 85.7 Å². The van der Waals surface area contributed by atoms with E-state index in [0.29, 0.717) is 0 Å². The summed E-state index contributed by atoms with van der Waals surface area (Å²) < 4.78 is 0. The van der Waals surface area contributed by atoms with Crippen LogP contribution in [0.4, 0.5) is 11.4 Å². The van der Waals surface area contributed by atoms with Crippen LogP contribution in [0.1, 0.15) is 25.3 Å². The molecule has 0 amide bonds. The third kappa shape index (κ3) is 1.69. The van der Waals surface area contributed by atoms with Crippen LogP contribution in [0.2, 0.25) is 0 Å². The third-order valence-electron chi connectivity index (χ3n) is 2.87. The van der Waals surface area contributed by atoms with E-state index in [4.69, 9.17) is 5.73 Å². The molecule has 1 aliphatic carbocycles. The van der Waals surface area contributed by atoms with Crippen molar-refractivity contribution >= 4 is 11.4 Å². The average Bonchev–Trinajstić information content (AvgIpc) is 2.96. The number of nitrogens with zero attached hydrogens (tertiary/aromatic N) is 1. The van der Waals surface area contributed by atoms with Crippen LogP contribution in [0.25, 0.3) is 0 Å². The van der Waals surface area contributed by atoms with Gasteiger partial charge in [0, 0.05) is 24.0 Å². The van der Waals surface area contributed by atoms with Gasteiger partial charge in [0.05, 0.1) is 0 Å². The van der Waals surface area contributed by atoms with Gasteiger partial charge in [-0.1, -0.05) is 6.07 Å². The zero-order chi connectivity index (χ0) is 10.1. The fourth-order valence-electron chi connectivity index (χ4n) is 1.95. The van der Waals surface area contributed by atoms with Gasteiger partial charge in [0.1, 0.15) is 0 Å². The summed E-state index contributed by atoms with van der Waals surface area (Å²) in [6.45, 7) is 5.44. The molecule has 14 heavy (non-hydrogen) atoms. The maximum Gasteiger partial charge on any atom is 0.0418 e. The molecule has 0 heterocycles. The van der Waals surface area contributed by atoms with Gasteiger partial charge < -0.3 is 10.6 Å². The lowest BCUT2D eigenvalue weighted by atomic mass is 10.1. The molecule has 0 aliphatic heterocycles. The Morgan fingerprint density at radius 3 is 2.71 bits per heavy atom. The summed E-state index contributed by atoms with van der Waals surface area (Å²) in [5, 5.41) is 0. The lowest BCUT2D eigenvalue weighted by Gasteiger charge is -2.25. The SMILES string of the molecule is CCN(c1cc(N)ccc1C)C1CC1. The molecule has 1 aromatic rings. The van der Waals surface area contributed by atoms with Gasteiger partial charge in [0.2, 0.25) is 0 Å². The Kier molecular flexibility index (Phi) is 2.36. The molecule has 2 nitrogen and oxygen atoms in total. The second-order valence-electron chi connectivity index (χ2n) is 4.06. The van der Waals surface area contributed by atoms with Crippen molar-refractivity contribution in [1.82, 2.24) is 0 Å². The van der Waals surface area contributed by atoms with Crippen LogP contribution < -0.4 is 10.6 Å². The first-order valence-electron chi connectivity index (χ1n) is 5.35. The zero-order valence-corrected chi connectivity index (χ0v) is 8.96. The first kappa shape index (κ1) is 9.38. The van der Waals surface area contributed by atoms with E-state index >= 15 is 0 Å². The number of benzene rings is 1. The average molecular weight is 190 g/mol. The Hall–Kier alpha value is -1.18. The molecule has 0 atom stereocenters.